The first-order valence-electron chi connectivity index (χ1n) is 7.87. The largest absolute Gasteiger partial charge is 0.225 e. The number of thiophene rings is 1. The summed E-state index contributed by atoms with van der Waals surface area (Å²) in [5.74, 6) is 1.61. The first kappa shape index (κ1) is 13.1. The van der Waals surface area contributed by atoms with E-state index in [0.29, 0.717) is 0 Å². The summed E-state index contributed by atoms with van der Waals surface area (Å²) in [6.45, 7) is 2.32. The lowest BCUT2D eigenvalue weighted by atomic mass is 9.89. The van der Waals surface area contributed by atoms with Gasteiger partial charge in [-0.3, -0.25) is 0 Å². The highest BCUT2D eigenvalue weighted by Gasteiger charge is 2.24. The van der Waals surface area contributed by atoms with E-state index in [-0.39, 0.29) is 0 Å². The van der Waals surface area contributed by atoms with Crippen LogP contribution in [0, 0.1) is 5.92 Å². The van der Waals surface area contributed by atoms with Crippen molar-refractivity contribution in [3.05, 3.63) is 41.0 Å². The zero-order chi connectivity index (χ0) is 15.4. The predicted octanol–water partition coefficient (Wildman–Crippen LogP) is 3.55. The molecule has 1 aliphatic carbocycles. The van der Waals surface area contributed by atoms with Crippen molar-refractivity contribution < 1.29 is 0 Å². The van der Waals surface area contributed by atoms with Gasteiger partial charge in [0.05, 0.1) is 10.9 Å². The minimum absolute atomic E-state index is 0.749. The fourth-order valence-electron chi connectivity index (χ4n) is 3.44. The molecule has 0 saturated carbocycles. The second kappa shape index (κ2) is 4.83. The van der Waals surface area contributed by atoms with Gasteiger partial charge in [-0.1, -0.05) is 24.3 Å². The van der Waals surface area contributed by atoms with Crippen molar-refractivity contribution in [1.29, 1.82) is 0 Å². The molecule has 5 rings (SSSR count). The van der Waals surface area contributed by atoms with Gasteiger partial charge in [0.2, 0.25) is 0 Å². The Labute approximate surface area is 137 Å². The summed E-state index contributed by atoms with van der Waals surface area (Å²) >= 11 is 1.81. The maximum atomic E-state index is 4.55. The number of para-hydroxylation sites is 1. The first-order valence-corrected chi connectivity index (χ1v) is 8.69. The lowest BCUT2D eigenvalue weighted by molar-refractivity contribution is 0.509. The molecule has 3 aromatic heterocycles. The van der Waals surface area contributed by atoms with Gasteiger partial charge in [0, 0.05) is 4.88 Å². The summed E-state index contributed by atoms with van der Waals surface area (Å²) in [5.41, 5.74) is 3.28. The molecule has 0 radical (unpaired) electrons. The molecule has 0 spiro atoms. The van der Waals surface area contributed by atoms with Gasteiger partial charge in [-0.05, 0) is 42.9 Å². The van der Waals surface area contributed by atoms with Crippen LogP contribution in [-0.4, -0.2) is 25.0 Å². The molecule has 6 heteroatoms. The van der Waals surface area contributed by atoms with E-state index in [0.717, 1.165) is 45.8 Å². The summed E-state index contributed by atoms with van der Waals surface area (Å²) < 4.78 is 1.85. The molecule has 1 aromatic carbocycles. The molecule has 114 valence electrons. The highest BCUT2D eigenvalue weighted by molar-refractivity contribution is 7.18. The molecule has 0 fully saturated rings. The smallest absolute Gasteiger partial charge is 0.168 e. The summed E-state index contributed by atoms with van der Waals surface area (Å²) in [5, 5.41) is 9.77. The van der Waals surface area contributed by atoms with Crippen LogP contribution in [0.3, 0.4) is 0 Å². The molecule has 23 heavy (non-hydrogen) atoms. The Morgan fingerprint density at radius 3 is 3.09 bits per heavy atom. The number of aryl methyl sites for hydroxylation is 1. The zero-order valence-electron chi connectivity index (χ0n) is 12.7. The standard InChI is InChI=1S/C17H15N5S/c1-10-6-7-11-14(8-10)23-17-15(11)16(18-9-19-17)22-13-5-3-2-4-12(13)20-21-22/h2-5,9-10H,6-8H2,1H3/t10-/m1/s1. The lowest BCUT2D eigenvalue weighted by Crippen LogP contribution is -2.09. The number of benzene rings is 1. The van der Waals surface area contributed by atoms with Gasteiger partial charge in [-0.25, -0.2) is 9.97 Å². The SMILES string of the molecule is C[C@@H]1CCc2c(sc3ncnc(-n4nnc5ccccc54)c23)C1. The van der Waals surface area contributed by atoms with Crippen LogP contribution in [0.2, 0.25) is 0 Å². The van der Waals surface area contributed by atoms with Gasteiger partial charge in [-0.2, -0.15) is 4.68 Å². The van der Waals surface area contributed by atoms with Crippen LogP contribution in [-0.2, 0) is 12.8 Å². The molecular weight excluding hydrogens is 306 g/mol. The van der Waals surface area contributed by atoms with E-state index in [1.807, 2.05) is 40.3 Å². The molecule has 5 nitrogen and oxygen atoms in total. The number of hydrogen-bond donors (Lipinski definition) is 0. The third-order valence-electron chi connectivity index (χ3n) is 4.62. The van der Waals surface area contributed by atoms with Gasteiger partial charge in [-0.15, -0.1) is 16.4 Å². The van der Waals surface area contributed by atoms with E-state index in [9.17, 15) is 0 Å². The van der Waals surface area contributed by atoms with Crippen molar-refractivity contribution in [1.82, 2.24) is 25.0 Å². The molecular formula is C17H15N5S. The Morgan fingerprint density at radius 2 is 2.13 bits per heavy atom. The number of aromatic nitrogens is 5. The van der Waals surface area contributed by atoms with Gasteiger partial charge in [0.15, 0.2) is 5.82 Å². The Hall–Kier alpha value is -2.34. The summed E-state index contributed by atoms with van der Waals surface area (Å²) in [6.07, 6.45) is 5.11. The van der Waals surface area contributed by atoms with E-state index in [1.54, 1.807) is 6.33 Å². The monoisotopic (exact) mass is 321 g/mol. The van der Waals surface area contributed by atoms with Crippen molar-refractivity contribution in [2.24, 2.45) is 5.92 Å². The highest BCUT2D eigenvalue weighted by Crippen LogP contribution is 2.39. The van der Waals surface area contributed by atoms with Gasteiger partial charge >= 0.3 is 0 Å². The molecule has 0 N–H and O–H groups in total. The van der Waals surface area contributed by atoms with E-state index in [2.05, 4.69) is 27.2 Å². The van der Waals surface area contributed by atoms with Crippen LogP contribution >= 0.6 is 11.3 Å². The summed E-state index contributed by atoms with van der Waals surface area (Å²) in [7, 11) is 0. The van der Waals surface area contributed by atoms with Crippen molar-refractivity contribution in [2.75, 3.05) is 0 Å². The zero-order valence-corrected chi connectivity index (χ0v) is 13.5. The third kappa shape index (κ3) is 1.91. The van der Waals surface area contributed by atoms with Gasteiger partial charge in [0.1, 0.15) is 16.7 Å². The number of nitrogens with zero attached hydrogens (tertiary/aromatic N) is 5. The number of fused-ring (bicyclic) bond motifs is 4. The van der Waals surface area contributed by atoms with Crippen LogP contribution in [0.5, 0.6) is 0 Å². The molecule has 0 saturated heterocycles. The van der Waals surface area contributed by atoms with Crippen LogP contribution in [0.25, 0.3) is 27.1 Å². The second-order valence-corrected chi connectivity index (χ2v) is 7.30. The van der Waals surface area contributed by atoms with Crippen molar-refractivity contribution in [2.45, 2.75) is 26.2 Å². The highest BCUT2D eigenvalue weighted by atomic mass is 32.1. The minimum Gasteiger partial charge on any atom is -0.225 e. The Kier molecular flexibility index (Phi) is 2.76. The van der Waals surface area contributed by atoms with Crippen LogP contribution in [0.1, 0.15) is 23.8 Å². The van der Waals surface area contributed by atoms with Crippen molar-refractivity contribution in [3.8, 4) is 5.82 Å². The Bertz CT molecular complexity index is 1030. The molecule has 4 aromatic rings. The van der Waals surface area contributed by atoms with E-state index in [4.69, 9.17) is 0 Å². The molecule has 0 aliphatic heterocycles. The third-order valence-corrected chi connectivity index (χ3v) is 5.79. The second-order valence-electron chi connectivity index (χ2n) is 6.22. The normalized spacial score (nSPS) is 17.7. The fraction of sp³-hybridized carbons (Fsp3) is 0.294. The topological polar surface area (TPSA) is 56.5 Å². The number of rotatable bonds is 1. The Balaban J connectivity index is 1.82. The fourth-order valence-corrected chi connectivity index (χ4v) is 4.79. The molecule has 3 heterocycles. The molecule has 0 bridgehead atoms. The van der Waals surface area contributed by atoms with Crippen LogP contribution in [0.15, 0.2) is 30.6 Å². The van der Waals surface area contributed by atoms with Crippen molar-refractivity contribution in [3.63, 3.8) is 0 Å². The first-order chi connectivity index (χ1) is 11.3. The van der Waals surface area contributed by atoms with Gasteiger partial charge < -0.3 is 0 Å². The number of hydrogen-bond acceptors (Lipinski definition) is 5. The minimum atomic E-state index is 0.749. The van der Waals surface area contributed by atoms with Crippen LogP contribution in [0.4, 0.5) is 0 Å². The molecule has 0 unspecified atom stereocenters. The Morgan fingerprint density at radius 1 is 1.22 bits per heavy atom. The van der Waals surface area contributed by atoms with Crippen LogP contribution < -0.4 is 0 Å². The van der Waals surface area contributed by atoms with E-state index in [1.165, 1.54) is 16.9 Å². The molecule has 1 aliphatic rings. The summed E-state index contributed by atoms with van der Waals surface area (Å²) in [6, 6.07) is 7.99. The average Bonchev–Trinajstić information content (AvgIpc) is 3.15. The van der Waals surface area contributed by atoms with E-state index >= 15 is 0 Å². The maximum absolute atomic E-state index is 4.55. The van der Waals surface area contributed by atoms with E-state index < -0.39 is 0 Å². The van der Waals surface area contributed by atoms with Crippen molar-refractivity contribution >= 4 is 32.6 Å². The molecule has 0 amide bonds. The predicted molar refractivity (Wildman–Crippen MR) is 91.0 cm³/mol. The molecule has 1 atom stereocenters. The quantitative estimate of drug-likeness (QED) is 0.538. The summed E-state index contributed by atoms with van der Waals surface area (Å²) in [4.78, 5) is 11.6. The lowest BCUT2D eigenvalue weighted by Gasteiger charge is -2.18. The average molecular weight is 321 g/mol. The van der Waals surface area contributed by atoms with Gasteiger partial charge in [0.25, 0.3) is 0 Å². The maximum Gasteiger partial charge on any atom is 0.168 e.